The summed E-state index contributed by atoms with van der Waals surface area (Å²) in [5, 5.41) is 4.33. The molecule has 7 heteroatoms. The smallest absolute Gasteiger partial charge is 0.342 e. The summed E-state index contributed by atoms with van der Waals surface area (Å²) in [4.78, 5) is 36.5. The zero-order valence-corrected chi connectivity index (χ0v) is 16.5. The van der Waals surface area contributed by atoms with Crippen molar-refractivity contribution in [2.24, 2.45) is 5.92 Å². The van der Waals surface area contributed by atoms with E-state index in [-0.39, 0.29) is 11.5 Å². The lowest BCUT2D eigenvalue weighted by molar-refractivity contribution is -0.147. The van der Waals surface area contributed by atoms with Crippen molar-refractivity contribution in [1.29, 1.82) is 0 Å². The summed E-state index contributed by atoms with van der Waals surface area (Å²) in [6.07, 6.45) is 0.675. The molecule has 0 aliphatic carbocycles. The Morgan fingerprint density at radius 1 is 1.07 bits per heavy atom. The van der Waals surface area contributed by atoms with Crippen LogP contribution in [0.2, 0.25) is 0 Å². The Kier molecular flexibility index (Phi) is 7.37. The lowest BCUT2D eigenvalue weighted by Gasteiger charge is -2.21. The molecule has 150 valence electrons. The molecule has 0 radical (unpaired) electrons. The summed E-state index contributed by atoms with van der Waals surface area (Å²) in [7, 11) is 2.72. The number of hydrogen-bond acceptors (Lipinski definition) is 6. The topological polar surface area (TPSA) is 90.9 Å². The SMILES string of the molecule is CC[C@H](C)[C@@H](NC(=O)COC(=O)c1cc2ccccc2cc1OC)C(=O)OC. The van der Waals surface area contributed by atoms with Crippen molar-refractivity contribution in [3.63, 3.8) is 0 Å². The average Bonchev–Trinajstić information content (AvgIpc) is 2.73. The lowest BCUT2D eigenvalue weighted by Crippen LogP contribution is -2.47. The first-order valence-electron chi connectivity index (χ1n) is 9.02. The van der Waals surface area contributed by atoms with Crippen LogP contribution in [0.1, 0.15) is 30.6 Å². The number of esters is 2. The van der Waals surface area contributed by atoms with E-state index in [0.29, 0.717) is 12.2 Å². The van der Waals surface area contributed by atoms with Gasteiger partial charge in [-0.05, 0) is 28.8 Å². The third-order valence-corrected chi connectivity index (χ3v) is 4.61. The summed E-state index contributed by atoms with van der Waals surface area (Å²) in [6.45, 7) is 3.21. The molecule has 7 nitrogen and oxygen atoms in total. The maximum Gasteiger partial charge on any atom is 0.342 e. The number of methoxy groups -OCH3 is 2. The quantitative estimate of drug-likeness (QED) is 0.701. The van der Waals surface area contributed by atoms with Crippen LogP contribution < -0.4 is 10.1 Å². The van der Waals surface area contributed by atoms with Crippen LogP contribution >= 0.6 is 0 Å². The molecular weight excluding hydrogens is 362 g/mol. The maximum atomic E-state index is 12.5. The third kappa shape index (κ3) is 5.00. The van der Waals surface area contributed by atoms with Crippen molar-refractivity contribution in [3.05, 3.63) is 42.0 Å². The predicted molar refractivity (Wildman–Crippen MR) is 104 cm³/mol. The van der Waals surface area contributed by atoms with Gasteiger partial charge in [0.2, 0.25) is 0 Å². The molecule has 0 aliphatic rings. The number of amides is 1. The molecule has 2 atom stereocenters. The first-order valence-corrected chi connectivity index (χ1v) is 9.02. The average molecular weight is 387 g/mol. The number of rotatable bonds is 8. The highest BCUT2D eigenvalue weighted by Gasteiger charge is 2.27. The standard InChI is InChI=1S/C21H25NO6/c1-5-13(2)19(21(25)27-4)22-18(23)12-28-20(24)16-10-14-8-6-7-9-15(14)11-17(16)26-3/h6-11,13,19H,5,12H2,1-4H3,(H,22,23)/t13-,19+/m0/s1. The largest absolute Gasteiger partial charge is 0.496 e. The van der Waals surface area contributed by atoms with Crippen molar-refractivity contribution in [1.82, 2.24) is 5.32 Å². The molecule has 0 unspecified atom stereocenters. The van der Waals surface area contributed by atoms with Crippen LogP contribution in [0.25, 0.3) is 10.8 Å². The van der Waals surface area contributed by atoms with E-state index in [2.05, 4.69) is 5.32 Å². The van der Waals surface area contributed by atoms with Gasteiger partial charge < -0.3 is 19.5 Å². The van der Waals surface area contributed by atoms with Gasteiger partial charge in [-0.15, -0.1) is 0 Å². The fourth-order valence-electron chi connectivity index (χ4n) is 2.77. The summed E-state index contributed by atoms with van der Waals surface area (Å²) in [5.74, 6) is -1.56. The van der Waals surface area contributed by atoms with Crippen LogP contribution in [-0.4, -0.2) is 44.7 Å². The molecule has 0 spiro atoms. The van der Waals surface area contributed by atoms with Gasteiger partial charge in [0.05, 0.1) is 14.2 Å². The van der Waals surface area contributed by atoms with Gasteiger partial charge in [-0.2, -0.15) is 0 Å². The number of nitrogens with one attached hydrogen (secondary N) is 1. The van der Waals surface area contributed by atoms with Gasteiger partial charge in [-0.3, -0.25) is 4.79 Å². The Morgan fingerprint density at radius 3 is 2.29 bits per heavy atom. The van der Waals surface area contributed by atoms with Crippen LogP contribution in [0.15, 0.2) is 36.4 Å². The second-order valence-corrected chi connectivity index (χ2v) is 6.43. The number of benzene rings is 2. The maximum absolute atomic E-state index is 12.5. The predicted octanol–water partition coefficient (Wildman–Crippen LogP) is 2.71. The highest BCUT2D eigenvalue weighted by atomic mass is 16.5. The second kappa shape index (κ2) is 9.73. The molecule has 2 aromatic carbocycles. The molecule has 2 rings (SSSR count). The monoisotopic (exact) mass is 387 g/mol. The zero-order valence-electron chi connectivity index (χ0n) is 16.5. The van der Waals surface area contributed by atoms with E-state index in [1.807, 2.05) is 38.1 Å². The number of carbonyl (C=O) groups is 3. The van der Waals surface area contributed by atoms with E-state index >= 15 is 0 Å². The van der Waals surface area contributed by atoms with Gasteiger partial charge in [0.25, 0.3) is 5.91 Å². The van der Waals surface area contributed by atoms with Gasteiger partial charge in [-0.1, -0.05) is 44.5 Å². The lowest BCUT2D eigenvalue weighted by atomic mass is 9.99. The second-order valence-electron chi connectivity index (χ2n) is 6.43. The van der Waals surface area contributed by atoms with E-state index in [9.17, 15) is 14.4 Å². The van der Waals surface area contributed by atoms with Crippen molar-refractivity contribution in [2.45, 2.75) is 26.3 Å². The molecule has 28 heavy (non-hydrogen) atoms. The summed E-state index contributed by atoms with van der Waals surface area (Å²) < 4.78 is 15.1. The van der Waals surface area contributed by atoms with Crippen LogP contribution in [0.5, 0.6) is 5.75 Å². The number of carbonyl (C=O) groups excluding carboxylic acids is 3. The molecule has 0 heterocycles. The molecule has 0 fully saturated rings. The molecule has 2 aromatic rings. The summed E-state index contributed by atoms with van der Waals surface area (Å²) >= 11 is 0. The van der Waals surface area contributed by atoms with Crippen LogP contribution in [0.3, 0.4) is 0 Å². The van der Waals surface area contributed by atoms with E-state index in [0.717, 1.165) is 10.8 Å². The minimum absolute atomic E-state index is 0.118. The third-order valence-electron chi connectivity index (χ3n) is 4.61. The zero-order chi connectivity index (χ0) is 20.7. The van der Waals surface area contributed by atoms with Gasteiger partial charge in [0.1, 0.15) is 17.4 Å². The Balaban J connectivity index is 2.07. The number of hydrogen-bond donors (Lipinski definition) is 1. The van der Waals surface area contributed by atoms with Crippen molar-refractivity contribution < 1.29 is 28.6 Å². The first kappa shape index (κ1) is 21.2. The molecular formula is C21H25NO6. The molecule has 1 N–H and O–H groups in total. The van der Waals surface area contributed by atoms with Gasteiger partial charge in [0.15, 0.2) is 6.61 Å². The Labute approximate surface area is 164 Å². The van der Waals surface area contributed by atoms with Gasteiger partial charge in [0, 0.05) is 0 Å². The van der Waals surface area contributed by atoms with E-state index in [1.54, 1.807) is 12.1 Å². The number of ether oxygens (including phenoxy) is 3. The normalized spacial score (nSPS) is 12.7. The van der Waals surface area contributed by atoms with E-state index in [1.165, 1.54) is 14.2 Å². The fourth-order valence-corrected chi connectivity index (χ4v) is 2.77. The highest BCUT2D eigenvalue weighted by molar-refractivity contribution is 5.99. The minimum atomic E-state index is -0.795. The highest BCUT2D eigenvalue weighted by Crippen LogP contribution is 2.26. The molecule has 0 saturated heterocycles. The molecule has 0 saturated carbocycles. The van der Waals surface area contributed by atoms with Crippen molar-refractivity contribution in [3.8, 4) is 5.75 Å². The molecule has 0 aliphatic heterocycles. The molecule has 0 aromatic heterocycles. The van der Waals surface area contributed by atoms with Crippen LogP contribution in [-0.2, 0) is 19.1 Å². The minimum Gasteiger partial charge on any atom is -0.496 e. The van der Waals surface area contributed by atoms with Crippen molar-refractivity contribution in [2.75, 3.05) is 20.8 Å². The summed E-state index contributed by atoms with van der Waals surface area (Å²) in [6, 6.07) is 10.1. The van der Waals surface area contributed by atoms with Crippen molar-refractivity contribution >= 4 is 28.6 Å². The van der Waals surface area contributed by atoms with Gasteiger partial charge in [-0.25, -0.2) is 9.59 Å². The Bertz CT molecular complexity index is 863. The first-order chi connectivity index (χ1) is 13.4. The molecule has 0 bridgehead atoms. The van der Waals surface area contributed by atoms with E-state index in [4.69, 9.17) is 14.2 Å². The Hall–Kier alpha value is -3.09. The number of fused-ring (bicyclic) bond motifs is 1. The summed E-state index contributed by atoms with van der Waals surface area (Å²) in [5.41, 5.74) is 0.223. The van der Waals surface area contributed by atoms with Crippen LogP contribution in [0.4, 0.5) is 0 Å². The van der Waals surface area contributed by atoms with E-state index < -0.39 is 30.5 Å². The van der Waals surface area contributed by atoms with Crippen LogP contribution in [0, 0.1) is 5.92 Å². The Morgan fingerprint density at radius 2 is 1.71 bits per heavy atom. The fraction of sp³-hybridized carbons (Fsp3) is 0.381. The molecule has 1 amide bonds. The van der Waals surface area contributed by atoms with Gasteiger partial charge >= 0.3 is 11.9 Å².